The van der Waals surface area contributed by atoms with Crippen molar-refractivity contribution in [2.24, 2.45) is 5.73 Å². The number of aliphatic carboxylic acids is 1. The van der Waals surface area contributed by atoms with E-state index in [0.717, 1.165) is 10.6 Å². The number of hydrogen-bond acceptors (Lipinski definition) is 4. The van der Waals surface area contributed by atoms with Crippen LogP contribution in [0, 0.1) is 6.92 Å². The number of nitrogens with two attached hydrogens (primary N) is 1. The van der Waals surface area contributed by atoms with Crippen LogP contribution in [0.2, 0.25) is 0 Å². The smallest absolute Gasteiger partial charge is 0.320 e. The van der Waals surface area contributed by atoms with E-state index >= 15 is 0 Å². The van der Waals surface area contributed by atoms with Gasteiger partial charge in [-0.15, -0.1) is 11.3 Å². The van der Waals surface area contributed by atoms with Crippen LogP contribution >= 0.6 is 11.3 Å². The SMILES string of the molecule is Cc1nc(C2CCCC2)sc1CC(N)C(=O)O. The highest BCUT2D eigenvalue weighted by Gasteiger charge is 2.23. The van der Waals surface area contributed by atoms with E-state index in [1.165, 1.54) is 30.7 Å². The summed E-state index contributed by atoms with van der Waals surface area (Å²) in [5.74, 6) is -0.353. The summed E-state index contributed by atoms with van der Waals surface area (Å²) in [6.45, 7) is 1.94. The van der Waals surface area contributed by atoms with E-state index in [1.807, 2.05) is 6.92 Å². The molecule has 0 bridgehead atoms. The second-order valence-corrected chi connectivity index (χ2v) is 5.81. The van der Waals surface area contributed by atoms with E-state index in [2.05, 4.69) is 4.98 Å². The molecule has 4 nitrogen and oxygen atoms in total. The van der Waals surface area contributed by atoms with Crippen LogP contribution in [0.15, 0.2) is 0 Å². The van der Waals surface area contributed by atoms with Crippen molar-refractivity contribution in [2.45, 2.75) is 51.0 Å². The monoisotopic (exact) mass is 254 g/mol. The van der Waals surface area contributed by atoms with E-state index in [1.54, 1.807) is 11.3 Å². The minimum Gasteiger partial charge on any atom is -0.480 e. The average Bonchev–Trinajstić information content (AvgIpc) is 2.88. The van der Waals surface area contributed by atoms with Crippen LogP contribution in [0.25, 0.3) is 0 Å². The number of carbonyl (C=O) groups is 1. The zero-order valence-corrected chi connectivity index (χ0v) is 10.8. The summed E-state index contributed by atoms with van der Waals surface area (Å²) in [5, 5.41) is 9.99. The van der Waals surface area contributed by atoms with Gasteiger partial charge in [-0.05, 0) is 19.8 Å². The maximum absolute atomic E-state index is 10.7. The van der Waals surface area contributed by atoms with Crippen LogP contribution < -0.4 is 5.73 Å². The first-order chi connectivity index (χ1) is 8.08. The van der Waals surface area contributed by atoms with Gasteiger partial charge >= 0.3 is 5.97 Å². The number of thiazole rings is 1. The maximum atomic E-state index is 10.7. The van der Waals surface area contributed by atoms with Gasteiger partial charge in [0, 0.05) is 17.2 Å². The number of carboxylic acid groups (broad SMARTS) is 1. The van der Waals surface area contributed by atoms with Gasteiger partial charge in [0.25, 0.3) is 0 Å². The Hall–Kier alpha value is -0.940. The zero-order chi connectivity index (χ0) is 12.4. The lowest BCUT2D eigenvalue weighted by atomic mass is 10.1. The normalized spacial score (nSPS) is 18.5. The van der Waals surface area contributed by atoms with Gasteiger partial charge in [-0.3, -0.25) is 4.79 Å². The summed E-state index contributed by atoms with van der Waals surface area (Å²) in [5.41, 5.74) is 6.51. The van der Waals surface area contributed by atoms with Crippen molar-refractivity contribution in [3.63, 3.8) is 0 Å². The Morgan fingerprint density at radius 2 is 2.24 bits per heavy atom. The molecule has 0 spiro atoms. The number of rotatable bonds is 4. The second kappa shape index (κ2) is 5.14. The number of aryl methyl sites for hydroxylation is 1. The molecule has 17 heavy (non-hydrogen) atoms. The first-order valence-corrected chi connectivity index (χ1v) is 6.84. The number of hydrogen-bond donors (Lipinski definition) is 2. The third kappa shape index (κ3) is 2.84. The molecule has 0 radical (unpaired) electrons. The molecule has 5 heteroatoms. The molecule has 0 aliphatic heterocycles. The Bertz CT molecular complexity index is 411. The quantitative estimate of drug-likeness (QED) is 0.862. The Kier molecular flexibility index (Phi) is 3.79. The molecular formula is C12H18N2O2S. The third-order valence-electron chi connectivity index (χ3n) is 3.34. The first-order valence-electron chi connectivity index (χ1n) is 6.02. The van der Waals surface area contributed by atoms with E-state index < -0.39 is 12.0 Å². The van der Waals surface area contributed by atoms with Crippen LogP contribution in [0.4, 0.5) is 0 Å². The largest absolute Gasteiger partial charge is 0.480 e. The Morgan fingerprint density at radius 1 is 1.59 bits per heavy atom. The van der Waals surface area contributed by atoms with Crippen LogP contribution in [-0.2, 0) is 11.2 Å². The molecular weight excluding hydrogens is 236 g/mol. The molecule has 0 aromatic carbocycles. The molecule has 1 atom stereocenters. The van der Waals surface area contributed by atoms with E-state index in [-0.39, 0.29) is 0 Å². The summed E-state index contributed by atoms with van der Waals surface area (Å²) in [6.07, 6.45) is 5.40. The highest BCUT2D eigenvalue weighted by molar-refractivity contribution is 7.11. The molecule has 1 saturated carbocycles. The van der Waals surface area contributed by atoms with Crippen molar-refractivity contribution in [3.05, 3.63) is 15.6 Å². The van der Waals surface area contributed by atoms with Crippen LogP contribution in [0.5, 0.6) is 0 Å². The van der Waals surface area contributed by atoms with Crippen LogP contribution in [0.1, 0.15) is 47.2 Å². The average molecular weight is 254 g/mol. The van der Waals surface area contributed by atoms with Gasteiger partial charge in [-0.2, -0.15) is 0 Å². The molecule has 0 amide bonds. The van der Waals surface area contributed by atoms with Crippen molar-refractivity contribution in [2.75, 3.05) is 0 Å². The molecule has 1 aliphatic carbocycles. The fraction of sp³-hybridized carbons (Fsp3) is 0.667. The topological polar surface area (TPSA) is 76.2 Å². The van der Waals surface area contributed by atoms with Gasteiger partial charge in [-0.25, -0.2) is 4.98 Å². The Morgan fingerprint density at radius 3 is 2.82 bits per heavy atom. The van der Waals surface area contributed by atoms with Gasteiger partial charge in [0.15, 0.2) is 0 Å². The predicted octanol–water partition coefficient (Wildman–Crippen LogP) is 2.06. The minimum absolute atomic E-state index is 0.394. The van der Waals surface area contributed by atoms with Gasteiger partial charge in [0.2, 0.25) is 0 Å². The fourth-order valence-electron chi connectivity index (χ4n) is 2.27. The molecule has 0 saturated heterocycles. The van der Waals surface area contributed by atoms with Gasteiger partial charge < -0.3 is 10.8 Å². The van der Waals surface area contributed by atoms with Crippen molar-refractivity contribution >= 4 is 17.3 Å². The van der Waals surface area contributed by atoms with E-state index in [9.17, 15) is 4.79 Å². The van der Waals surface area contributed by atoms with Crippen molar-refractivity contribution < 1.29 is 9.90 Å². The maximum Gasteiger partial charge on any atom is 0.320 e. The molecule has 1 aromatic heterocycles. The standard InChI is InChI=1S/C12H18N2O2S/c1-7-10(6-9(13)12(15)16)17-11(14-7)8-4-2-3-5-8/h8-9H,2-6,13H2,1H3,(H,15,16). The van der Waals surface area contributed by atoms with Gasteiger partial charge in [0.1, 0.15) is 6.04 Å². The number of nitrogens with zero attached hydrogens (tertiary/aromatic N) is 1. The van der Waals surface area contributed by atoms with Crippen molar-refractivity contribution in [1.29, 1.82) is 0 Å². The first kappa shape index (κ1) is 12.5. The fourth-order valence-corrected chi connectivity index (χ4v) is 3.57. The lowest BCUT2D eigenvalue weighted by Crippen LogP contribution is -2.32. The molecule has 2 rings (SSSR count). The number of aromatic nitrogens is 1. The Balaban J connectivity index is 2.10. The molecule has 1 unspecified atom stereocenters. The zero-order valence-electron chi connectivity index (χ0n) is 9.98. The molecule has 1 fully saturated rings. The lowest BCUT2D eigenvalue weighted by Gasteiger charge is -2.04. The summed E-state index contributed by atoms with van der Waals surface area (Å²) in [4.78, 5) is 16.3. The van der Waals surface area contributed by atoms with Crippen molar-refractivity contribution in [1.82, 2.24) is 4.98 Å². The van der Waals surface area contributed by atoms with Crippen molar-refractivity contribution in [3.8, 4) is 0 Å². The highest BCUT2D eigenvalue weighted by Crippen LogP contribution is 2.37. The highest BCUT2D eigenvalue weighted by atomic mass is 32.1. The summed E-state index contributed by atoms with van der Waals surface area (Å²) < 4.78 is 0. The van der Waals surface area contributed by atoms with E-state index in [4.69, 9.17) is 10.8 Å². The Labute approximate surface area is 105 Å². The summed E-state index contributed by atoms with van der Waals surface area (Å²) in [6, 6.07) is -0.814. The molecule has 1 aliphatic rings. The van der Waals surface area contributed by atoms with Crippen LogP contribution in [0.3, 0.4) is 0 Å². The summed E-state index contributed by atoms with van der Waals surface area (Å²) in [7, 11) is 0. The lowest BCUT2D eigenvalue weighted by molar-refractivity contribution is -0.138. The van der Waals surface area contributed by atoms with Gasteiger partial charge in [-0.1, -0.05) is 12.8 Å². The predicted molar refractivity (Wildman–Crippen MR) is 67.4 cm³/mol. The second-order valence-electron chi connectivity index (χ2n) is 4.69. The molecule has 1 heterocycles. The minimum atomic E-state index is -0.944. The van der Waals surface area contributed by atoms with Gasteiger partial charge in [0.05, 0.1) is 10.7 Å². The molecule has 3 N–H and O–H groups in total. The molecule has 94 valence electrons. The number of carboxylic acids is 1. The third-order valence-corrected chi connectivity index (χ3v) is 4.68. The molecule has 1 aromatic rings. The van der Waals surface area contributed by atoms with Crippen LogP contribution in [-0.4, -0.2) is 22.1 Å². The van der Waals surface area contributed by atoms with E-state index in [0.29, 0.717) is 12.3 Å². The summed E-state index contributed by atoms with van der Waals surface area (Å²) >= 11 is 1.65.